The minimum absolute atomic E-state index is 0. The summed E-state index contributed by atoms with van der Waals surface area (Å²) < 4.78 is 0. The van der Waals surface area contributed by atoms with Crippen molar-refractivity contribution in [3.63, 3.8) is 0 Å². The summed E-state index contributed by atoms with van der Waals surface area (Å²) in [6.07, 6.45) is 54.0. The molecule has 0 aliphatic rings. The van der Waals surface area contributed by atoms with Gasteiger partial charge in [-0.05, 0) is 103 Å². The van der Waals surface area contributed by atoms with Gasteiger partial charge in [-0.1, -0.05) is 137 Å². The molecule has 0 aromatic heterocycles. The maximum absolute atomic E-state index is 10.2. The minimum atomic E-state index is -0.962. The fraction of sp³-hybridized carbons (Fsp3) is 0.550. The number of aliphatic carboxylic acids is 2. The van der Waals surface area contributed by atoms with E-state index in [4.69, 9.17) is 0 Å². The number of unbranched alkanes of at least 4 members (excludes halogenated alkanes) is 8. The molecular formula is C40H64CaO5. The molecule has 0 aliphatic carbocycles. The first kappa shape index (κ1) is 50.9. The molecule has 46 heavy (non-hydrogen) atoms. The van der Waals surface area contributed by atoms with Crippen LogP contribution in [0.25, 0.3) is 0 Å². The molecule has 256 valence electrons. The van der Waals surface area contributed by atoms with Crippen LogP contribution in [0.5, 0.6) is 0 Å². The second kappa shape index (κ2) is 47.5. The topological polar surface area (TPSA) is 112 Å². The molecule has 0 atom stereocenters. The molecular weight excluding hydrogens is 601 g/mol. The van der Waals surface area contributed by atoms with Crippen molar-refractivity contribution in [1.29, 1.82) is 0 Å². The third-order valence-electron chi connectivity index (χ3n) is 6.42. The Morgan fingerprint density at radius 1 is 0.391 bits per heavy atom. The van der Waals surface area contributed by atoms with Gasteiger partial charge >= 0.3 is 37.7 Å². The van der Waals surface area contributed by atoms with Gasteiger partial charge in [0.1, 0.15) is 0 Å². The summed E-state index contributed by atoms with van der Waals surface area (Å²) in [6.45, 7) is 4.46. The Labute approximate surface area is 312 Å². The van der Waals surface area contributed by atoms with E-state index >= 15 is 0 Å². The van der Waals surface area contributed by atoms with E-state index in [9.17, 15) is 19.8 Å². The zero-order valence-electron chi connectivity index (χ0n) is 29.2. The Hall–Kier alpha value is -1.92. The molecule has 0 spiro atoms. The molecule has 0 heterocycles. The van der Waals surface area contributed by atoms with Crippen LogP contribution in [-0.2, 0) is 9.59 Å². The number of hydrogen-bond donors (Lipinski definition) is 0. The van der Waals surface area contributed by atoms with Crippen molar-refractivity contribution in [2.45, 2.75) is 142 Å². The third-order valence-corrected chi connectivity index (χ3v) is 6.42. The summed E-state index contributed by atoms with van der Waals surface area (Å²) in [5.41, 5.74) is 0. The molecule has 0 radical (unpaired) electrons. The van der Waals surface area contributed by atoms with Gasteiger partial charge in [-0.15, -0.1) is 0 Å². The van der Waals surface area contributed by atoms with Crippen LogP contribution >= 0.6 is 0 Å². The number of carbonyl (C=O) groups excluding carboxylic acids is 2. The average Bonchev–Trinajstić information content (AvgIpc) is 3.00. The molecule has 0 aliphatic heterocycles. The van der Waals surface area contributed by atoms with Gasteiger partial charge in [0.05, 0.1) is 0 Å². The normalized spacial score (nSPS) is 11.9. The fourth-order valence-electron chi connectivity index (χ4n) is 3.85. The van der Waals surface area contributed by atoms with Crippen LogP contribution in [0.2, 0.25) is 0 Å². The summed E-state index contributed by atoms with van der Waals surface area (Å²) in [6, 6.07) is 0. The van der Waals surface area contributed by atoms with Crippen molar-refractivity contribution >= 4 is 49.7 Å². The summed E-state index contributed by atoms with van der Waals surface area (Å²) in [4.78, 5) is 20.4. The van der Waals surface area contributed by atoms with Gasteiger partial charge in [0.2, 0.25) is 0 Å². The van der Waals surface area contributed by atoms with E-state index in [1.165, 1.54) is 51.4 Å². The number of carbonyl (C=O) groups is 2. The van der Waals surface area contributed by atoms with Gasteiger partial charge < -0.3 is 25.3 Å². The summed E-state index contributed by atoms with van der Waals surface area (Å²) in [7, 11) is 0. The van der Waals surface area contributed by atoms with Crippen LogP contribution in [0.15, 0.2) is 97.2 Å². The molecule has 0 aromatic rings. The van der Waals surface area contributed by atoms with Crippen molar-refractivity contribution in [2.24, 2.45) is 0 Å². The second-order valence-electron chi connectivity index (χ2n) is 10.7. The monoisotopic (exact) mass is 664 g/mol. The van der Waals surface area contributed by atoms with Gasteiger partial charge in [0.25, 0.3) is 0 Å². The van der Waals surface area contributed by atoms with Crippen molar-refractivity contribution in [2.75, 3.05) is 0 Å². The molecule has 0 aromatic carbocycles. The number of hydrogen-bond acceptors (Lipinski definition) is 4. The summed E-state index contributed by atoms with van der Waals surface area (Å²) >= 11 is 0. The molecule has 0 saturated carbocycles. The van der Waals surface area contributed by atoms with Crippen LogP contribution in [0.1, 0.15) is 142 Å². The van der Waals surface area contributed by atoms with E-state index in [2.05, 4.69) is 98.9 Å². The van der Waals surface area contributed by atoms with Crippen LogP contribution in [-0.4, -0.2) is 55.2 Å². The van der Waals surface area contributed by atoms with E-state index in [0.717, 1.165) is 51.4 Å². The Bertz CT molecular complexity index is 806. The summed E-state index contributed by atoms with van der Waals surface area (Å²) in [5, 5.41) is 20.4. The molecule has 0 bridgehead atoms. The van der Waals surface area contributed by atoms with E-state index < -0.39 is 11.9 Å². The average molecular weight is 665 g/mol. The first-order valence-electron chi connectivity index (χ1n) is 17.1. The number of carboxylic acid groups (broad SMARTS) is 2. The zero-order chi connectivity index (χ0) is 32.6. The Morgan fingerprint density at radius 2 is 0.609 bits per heavy atom. The van der Waals surface area contributed by atoms with E-state index in [1.54, 1.807) is 0 Å². The quantitative estimate of drug-likeness (QED) is 0.0474. The molecule has 0 saturated heterocycles. The SMILES string of the molecule is CCCCC/C=C\C/C=C\C/C=C\C/C=C\CCCC(=O)[O-].CCCCC/C=C\C/C=C\C/C=C\C/C=C\CCCC(=O)[O-].O.[Ca+2]. The van der Waals surface area contributed by atoms with Crippen molar-refractivity contribution in [3.8, 4) is 0 Å². The van der Waals surface area contributed by atoms with E-state index in [0.29, 0.717) is 12.8 Å². The smallest absolute Gasteiger partial charge is 0.550 e. The molecule has 6 heteroatoms. The molecule has 0 amide bonds. The number of carboxylic acids is 2. The van der Waals surface area contributed by atoms with Crippen LogP contribution in [0.4, 0.5) is 0 Å². The van der Waals surface area contributed by atoms with Gasteiger partial charge in [-0.2, -0.15) is 0 Å². The molecule has 0 fully saturated rings. The minimum Gasteiger partial charge on any atom is -0.550 e. The second-order valence-corrected chi connectivity index (χ2v) is 10.7. The predicted octanol–water partition coefficient (Wildman–Crippen LogP) is 8.56. The van der Waals surface area contributed by atoms with Crippen molar-refractivity contribution in [1.82, 2.24) is 0 Å². The van der Waals surface area contributed by atoms with Gasteiger partial charge in [0, 0.05) is 11.9 Å². The van der Waals surface area contributed by atoms with Gasteiger partial charge in [-0.25, -0.2) is 0 Å². The Morgan fingerprint density at radius 3 is 0.826 bits per heavy atom. The molecule has 0 rings (SSSR count). The Balaban J connectivity index is -0.000000367. The number of rotatable bonds is 28. The number of allylic oxidation sites excluding steroid dienone is 16. The van der Waals surface area contributed by atoms with Crippen LogP contribution < -0.4 is 10.2 Å². The van der Waals surface area contributed by atoms with Crippen molar-refractivity contribution < 1.29 is 25.3 Å². The Kier molecular flexibility index (Phi) is 52.6. The predicted molar refractivity (Wildman–Crippen MR) is 196 cm³/mol. The zero-order valence-corrected chi connectivity index (χ0v) is 31.4. The van der Waals surface area contributed by atoms with Crippen molar-refractivity contribution in [3.05, 3.63) is 97.2 Å². The van der Waals surface area contributed by atoms with E-state index in [-0.39, 0.29) is 56.1 Å². The first-order chi connectivity index (χ1) is 21.5. The third kappa shape index (κ3) is 54.6. The first-order valence-corrected chi connectivity index (χ1v) is 17.1. The van der Waals surface area contributed by atoms with E-state index in [1.807, 2.05) is 12.2 Å². The fourth-order valence-corrected chi connectivity index (χ4v) is 3.85. The molecule has 0 unspecified atom stereocenters. The maximum Gasteiger partial charge on any atom is 2.00 e. The maximum atomic E-state index is 10.2. The standard InChI is InChI=1S/2C20H32O2.Ca.H2O/c2*1-2-3-4-5-6-7-8-9-10-11-12-13-14-15-16-17-18-19-20(21)22;;/h2*6-7,9-10,12-13,15-16H,2-5,8,11,14,17-19H2,1H3,(H,21,22);;1H2/q;;+2;/p-2/b2*7-6-,10-9-,13-12-,16-15-;;. The molecule has 5 nitrogen and oxygen atoms in total. The van der Waals surface area contributed by atoms with Gasteiger partial charge in [0.15, 0.2) is 0 Å². The van der Waals surface area contributed by atoms with Crippen LogP contribution in [0.3, 0.4) is 0 Å². The van der Waals surface area contributed by atoms with Gasteiger partial charge in [-0.3, -0.25) is 0 Å². The van der Waals surface area contributed by atoms with Crippen LogP contribution in [0, 0.1) is 0 Å². The largest absolute Gasteiger partial charge is 2.00 e. The molecule has 2 N–H and O–H groups in total. The summed E-state index contributed by atoms with van der Waals surface area (Å²) in [5.74, 6) is -1.92.